The molecule has 3 aromatic carbocycles. The van der Waals surface area contributed by atoms with E-state index in [2.05, 4.69) is 10.2 Å². The minimum Gasteiger partial charge on any atom is -0.497 e. The quantitative estimate of drug-likeness (QED) is 0.221. The maximum atomic E-state index is 13.4. The SMILES string of the molecule is CCOc1ccc(OCCSc2nnc3n(-c4cccc(OC)c4)c(=O)c4ccccc4n23)cc1. The Morgan fingerprint density at radius 2 is 1.66 bits per heavy atom. The van der Waals surface area contributed by atoms with Gasteiger partial charge in [0.25, 0.3) is 5.56 Å². The number of ether oxygens (including phenoxy) is 3. The van der Waals surface area contributed by atoms with Crippen LogP contribution in [0.3, 0.4) is 0 Å². The van der Waals surface area contributed by atoms with E-state index in [0.29, 0.717) is 46.7 Å². The van der Waals surface area contributed by atoms with Gasteiger partial charge in [-0.15, -0.1) is 10.2 Å². The minimum atomic E-state index is -0.163. The van der Waals surface area contributed by atoms with Gasteiger partial charge in [-0.25, -0.2) is 4.57 Å². The summed E-state index contributed by atoms with van der Waals surface area (Å²) in [5.74, 6) is 3.34. The largest absolute Gasteiger partial charge is 0.497 e. The number of hydrogen-bond acceptors (Lipinski definition) is 7. The van der Waals surface area contributed by atoms with Gasteiger partial charge in [-0.3, -0.25) is 9.20 Å². The second kappa shape index (κ2) is 10.1. The fourth-order valence-electron chi connectivity index (χ4n) is 3.85. The number of benzene rings is 3. The van der Waals surface area contributed by atoms with Crippen molar-refractivity contribution < 1.29 is 14.2 Å². The van der Waals surface area contributed by atoms with E-state index in [1.165, 1.54) is 11.8 Å². The highest BCUT2D eigenvalue weighted by Crippen LogP contribution is 2.25. The van der Waals surface area contributed by atoms with Gasteiger partial charge in [-0.05, 0) is 55.5 Å². The van der Waals surface area contributed by atoms with Gasteiger partial charge in [0.2, 0.25) is 5.78 Å². The summed E-state index contributed by atoms with van der Waals surface area (Å²) in [6.07, 6.45) is 0. The van der Waals surface area contributed by atoms with Gasteiger partial charge in [0.1, 0.15) is 17.2 Å². The average molecular weight is 489 g/mol. The van der Waals surface area contributed by atoms with Gasteiger partial charge in [0, 0.05) is 11.8 Å². The maximum absolute atomic E-state index is 13.4. The Labute approximate surface area is 206 Å². The molecular weight excluding hydrogens is 464 g/mol. The van der Waals surface area contributed by atoms with Crippen molar-refractivity contribution in [3.05, 3.63) is 83.2 Å². The van der Waals surface area contributed by atoms with E-state index in [1.807, 2.05) is 84.1 Å². The highest BCUT2D eigenvalue weighted by molar-refractivity contribution is 7.99. The molecule has 0 N–H and O–H groups in total. The lowest BCUT2D eigenvalue weighted by molar-refractivity contribution is 0.332. The van der Waals surface area contributed by atoms with E-state index < -0.39 is 0 Å². The van der Waals surface area contributed by atoms with E-state index in [1.54, 1.807) is 11.7 Å². The predicted molar refractivity (Wildman–Crippen MR) is 136 cm³/mol. The average Bonchev–Trinajstić information content (AvgIpc) is 3.31. The molecule has 0 radical (unpaired) electrons. The van der Waals surface area contributed by atoms with Crippen LogP contribution in [0, 0.1) is 0 Å². The summed E-state index contributed by atoms with van der Waals surface area (Å²) >= 11 is 1.52. The second-order valence-electron chi connectivity index (χ2n) is 7.58. The molecule has 35 heavy (non-hydrogen) atoms. The molecule has 2 aromatic heterocycles. The van der Waals surface area contributed by atoms with Crippen LogP contribution in [0.15, 0.2) is 82.7 Å². The number of hydrogen-bond donors (Lipinski definition) is 0. The molecule has 2 heterocycles. The van der Waals surface area contributed by atoms with Crippen molar-refractivity contribution in [3.8, 4) is 22.9 Å². The molecule has 0 saturated carbocycles. The van der Waals surface area contributed by atoms with Gasteiger partial charge >= 0.3 is 0 Å². The molecule has 0 spiro atoms. The second-order valence-corrected chi connectivity index (χ2v) is 8.64. The number of rotatable bonds is 9. The summed E-state index contributed by atoms with van der Waals surface area (Å²) in [5, 5.41) is 10.1. The smallest absolute Gasteiger partial charge is 0.267 e. The first-order chi connectivity index (χ1) is 17.2. The van der Waals surface area contributed by atoms with Crippen LogP contribution < -0.4 is 19.8 Å². The minimum absolute atomic E-state index is 0.163. The third-order valence-electron chi connectivity index (χ3n) is 5.42. The summed E-state index contributed by atoms with van der Waals surface area (Å²) in [4.78, 5) is 13.4. The predicted octanol–water partition coefficient (Wildman–Crippen LogP) is 4.61. The fourth-order valence-corrected chi connectivity index (χ4v) is 4.60. The van der Waals surface area contributed by atoms with Gasteiger partial charge in [0.05, 0.1) is 36.9 Å². The highest BCUT2D eigenvalue weighted by atomic mass is 32.2. The van der Waals surface area contributed by atoms with Crippen LogP contribution in [0.25, 0.3) is 22.4 Å². The lowest BCUT2D eigenvalue weighted by Gasteiger charge is -2.12. The summed E-state index contributed by atoms with van der Waals surface area (Å²) in [6.45, 7) is 3.07. The third kappa shape index (κ3) is 4.54. The Hall–Kier alpha value is -3.98. The van der Waals surface area contributed by atoms with E-state index in [4.69, 9.17) is 14.2 Å². The number of nitrogens with zero attached hydrogens (tertiary/aromatic N) is 4. The van der Waals surface area contributed by atoms with E-state index >= 15 is 0 Å². The van der Waals surface area contributed by atoms with Crippen LogP contribution in [0.1, 0.15) is 6.92 Å². The molecule has 178 valence electrons. The zero-order valence-electron chi connectivity index (χ0n) is 19.4. The van der Waals surface area contributed by atoms with Crippen molar-refractivity contribution in [3.63, 3.8) is 0 Å². The standard InChI is InChI=1S/C26H24N4O4S/c1-3-33-19-11-13-20(14-12-19)34-15-16-35-26-28-27-25-29(18-7-6-8-21(17-18)32-2)24(31)22-9-4-5-10-23(22)30(25)26/h4-14,17H,3,15-16H2,1-2H3. The Bertz CT molecular complexity index is 1530. The summed E-state index contributed by atoms with van der Waals surface area (Å²) in [7, 11) is 1.60. The Kier molecular flexibility index (Phi) is 6.58. The van der Waals surface area contributed by atoms with Crippen LogP contribution in [0.5, 0.6) is 17.2 Å². The molecule has 0 fully saturated rings. The van der Waals surface area contributed by atoms with Crippen molar-refractivity contribution in [1.29, 1.82) is 0 Å². The molecule has 0 atom stereocenters. The summed E-state index contributed by atoms with van der Waals surface area (Å²) in [5.41, 5.74) is 1.25. The molecule has 9 heteroatoms. The van der Waals surface area contributed by atoms with E-state index in [-0.39, 0.29) is 5.56 Å². The van der Waals surface area contributed by atoms with Crippen LogP contribution in [-0.4, -0.2) is 45.2 Å². The topological polar surface area (TPSA) is 79.9 Å². The molecular formula is C26H24N4O4S. The fraction of sp³-hybridized carbons (Fsp3) is 0.192. The van der Waals surface area contributed by atoms with E-state index in [9.17, 15) is 4.79 Å². The highest BCUT2D eigenvalue weighted by Gasteiger charge is 2.18. The lowest BCUT2D eigenvalue weighted by Crippen LogP contribution is -2.21. The van der Waals surface area contributed by atoms with Crippen molar-refractivity contribution in [2.45, 2.75) is 12.1 Å². The Morgan fingerprint density at radius 1 is 0.886 bits per heavy atom. The molecule has 0 amide bonds. The molecule has 5 rings (SSSR count). The van der Waals surface area contributed by atoms with Crippen molar-refractivity contribution in [1.82, 2.24) is 19.2 Å². The normalized spacial score (nSPS) is 11.1. The van der Waals surface area contributed by atoms with Crippen molar-refractivity contribution >= 4 is 28.4 Å². The van der Waals surface area contributed by atoms with E-state index in [0.717, 1.165) is 17.0 Å². The first-order valence-corrected chi connectivity index (χ1v) is 12.2. The van der Waals surface area contributed by atoms with Gasteiger partial charge in [0.15, 0.2) is 5.16 Å². The lowest BCUT2D eigenvalue weighted by atomic mass is 10.2. The molecule has 5 aromatic rings. The van der Waals surface area contributed by atoms with Gasteiger partial charge < -0.3 is 14.2 Å². The molecule has 0 saturated heterocycles. The van der Waals surface area contributed by atoms with Crippen LogP contribution >= 0.6 is 11.8 Å². The number of methoxy groups -OCH3 is 1. The Balaban J connectivity index is 1.45. The molecule has 0 bridgehead atoms. The number of thioether (sulfide) groups is 1. The number of fused-ring (bicyclic) bond motifs is 3. The first kappa shape index (κ1) is 22.8. The summed E-state index contributed by atoms with van der Waals surface area (Å²) in [6, 6.07) is 22.4. The Morgan fingerprint density at radius 3 is 2.43 bits per heavy atom. The number of para-hydroxylation sites is 1. The van der Waals surface area contributed by atoms with Crippen LogP contribution in [0.4, 0.5) is 0 Å². The van der Waals surface area contributed by atoms with Gasteiger partial charge in [-0.2, -0.15) is 0 Å². The molecule has 8 nitrogen and oxygen atoms in total. The zero-order chi connectivity index (χ0) is 24.2. The molecule has 0 aliphatic heterocycles. The van der Waals surface area contributed by atoms with Crippen molar-refractivity contribution in [2.24, 2.45) is 0 Å². The van der Waals surface area contributed by atoms with Crippen molar-refractivity contribution in [2.75, 3.05) is 26.1 Å². The maximum Gasteiger partial charge on any atom is 0.267 e. The molecule has 0 unspecified atom stereocenters. The molecule has 0 aliphatic rings. The number of aromatic nitrogens is 4. The molecule has 0 aliphatic carbocycles. The third-order valence-corrected chi connectivity index (χ3v) is 6.32. The monoisotopic (exact) mass is 488 g/mol. The zero-order valence-corrected chi connectivity index (χ0v) is 20.2. The van der Waals surface area contributed by atoms with Crippen LogP contribution in [-0.2, 0) is 0 Å². The summed E-state index contributed by atoms with van der Waals surface area (Å²) < 4.78 is 20.2. The van der Waals surface area contributed by atoms with Gasteiger partial charge in [-0.1, -0.05) is 30.0 Å². The van der Waals surface area contributed by atoms with Crippen LogP contribution in [0.2, 0.25) is 0 Å². The first-order valence-electron chi connectivity index (χ1n) is 11.2.